The molecule has 1 aliphatic rings. The van der Waals surface area contributed by atoms with Gasteiger partial charge in [-0.25, -0.2) is 4.98 Å². The maximum Gasteiger partial charge on any atom is 0.389 e. The molecule has 6 heteroatoms. The van der Waals surface area contributed by atoms with Crippen LogP contribution in [0.5, 0.6) is 0 Å². The van der Waals surface area contributed by atoms with Crippen molar-refractivity contribution in [3.63, 3.8) is 0 Å². The van der Waals surface area contributed by atoms with E-state index in [4.69, 9.17) is 0 Å². The maximum atomic E-state index is 12.0. The molecule has 2 rings (SSSR count). The summed E-state index contributed by atoms with van der Waals surface area (Å²) < 4.78 is 37.8. The minimum absolute atomic E-state index is 0.304. The van der Waals surface area contributed by atoms with Crippen molar-refractivity contribution in [1.82, 2.24) is 9.55 Å². The maximum absolute atomic E-state index is 12.0. The Morgan fingerprint density at radius 1 is 1.50 bits per heavy atom. The van der Waals surface area contributed by atoms with E-state index in [9.17, 15) is 18.3 Å². The van der Waals surface area contributed by atoms with Gasteiger partial charge in [-0.3, -0.25) is 0 Å². The van der Waals surface area contributed by atoms with Gasteiger partial charge in [-0.05, 0) is 19.3 Å². The van der Waals surface area contributed by atoms with Gasteiger partial charge in [0.15, 0.2) is 0 Å². The SMILES string of the molecule is OC(CCC(F)(F)F)c1cncn1C1CC1. The standard InChI is InChI=1S/C10H13F3N2O/c11-10(12,13)4-3-9(16)8-5-14-6-15(8)7-1-2-7/h5-7,9,16H,1-4H2. The van der Waals surface area contributed by atoms with Crippen LogP contribution in [0.4, 0.5) is 13.2 Å². The number of rotatable bonds is 4. The smallest absolute Gasteiger partial charge is 0.387 e. The van der Waals surface area contributed by atoms with E-state index in [-0.39, 0.29) is 6.42 Å². The first-order valence-corrected chi connectivity index (χ1v) is 5.24. The summed E-state index contributed by atoms with van der Waals surface area (Å²) in [6.07, 6.45) is -1.53. The van der Waals surface area contributed by atoms with Crippen LogP contribution < -0.4 is 0 Å². The summed E-state index contributed by atoms with van der Waals surface area (Å²) in [4.78, 5) is 3.87. The van der Waals surface area contributed by atoms with Gasteiger partial charge >= 0.3 is 6.18 Å². The molecular weight excluding hydrogens is 221 g/mol. The highest BCUT2D eigenvalue weighted by atomic mass is 19.4. The van der Waals surface area contributed by atoms with E-state index >= 15 is 0 Å². The summed E-state index contributed by atoms with van der Waals surface area (Å²) in [5.74, 6) is 0. The molecule has 1 saturated carbocycles. The van der Waals surface area contributed by atoms with Crippen LogP contribution in [0.15, 0.2) is 12.5 Å². The number of hydrogen-bond donors (Lipinski definition) is 1. The zero-order valence-electron chi connectivity index (χ0n) is 8.61. The van der Waals surface area contributed by atoms with Gasteiger partial charge in [0.25, 0.3) is 0 Å². The lowest BCUT2D eigenvalue weighted by molar-refractivity contribution is -0.140. The second-order valence-corrected chi connectivity index (χ2v) is 4.13. The number of nitrogens with zero attached hydrogens (tertiary/aromatic N) is 2. The van der Waals surface area contributed by atoms with E-state index in [1.165, 1.54) is 6.20 Å². The zero-order valence-corrected chi connectivity index (χ0v) is 8.61. The third-order valence-corrected chi connectivity index (χ3v) is 2.68. The van der Waals surface area contributed by atoms with Crippen molar-refractivity contribution >= 4 is 0 Å². The van der Waals surface area contributed by atoms with Crippen molar-refractivity contribution in [3.8, 4) is 0 Å². The van der Waals surface area contributed by atoms with Gasteiger partial charge < -0.3 is 9.67 Å². The Labute approximate surface area is 90.9 Å². The van der Waals surface area contributed by atoms with Gasteiger partial charge in [0.05, 0.1) is 24.3 Å². The van der Waals surface area contributed by atoms with E-state index in [1.54, 1.807) is 10.9 Å². The molecular formula is C10H13F3N2O. The molecule has 90 valence electrons. The molecule has 3 nitrogen and oxygen atoms in total. The molecule has 16 heavy (non-hydrogen) atoms. The minimum atomic E-state index is -4.22. The van der Waals surface area contributed by atoms with E-state index in [1.807, 2.05) is 0 Å². The number of hydrogen-bond acceptors (Lipinski definition) is 2. The van der Waals surface area contributed by atoms with Gasteiger partial charge in [0.2, 0.25) is 0 Å². The van der Waals surface area contributed by atoms with Crippen LogP contribution >= 0.6 is 0 Å². The number of alkyl halides is 3. The van der Waals surface area contributed by atoms with Crippen LogP contribution in [-0.2, 0) is 0 Å². The number of halogens is 3. The topological polar surface area (TPSA) is 38.1 Å². The zero-order chi connectivity index (χ0) is 11.8. The molecule has 0 spiro atoms. The molecule has 1 aliphatic carbocycles. The predicted molar refractivity (Wildman–Crippen MR) is 50.7 cm³/mol. The highest BCUT2D eigenvalue weighted by Gasteiger charge is 2.31. The molecule has 0 saturated heterocycles. The fourth-order valence-electron chi connectivity index (χ4n) is 1.68. The van der Waals surface area contributed by atoms with Crippen LogP contribution in [0.25, 0.3) is 0 Å². The molecule has 0 aromatic carbocycles. The number of aliphatic hydroxyl groups excluding tert-OH is 1. The molecule has 1 aromatic heterocycles. The minimum Gasteiger partial charge on any atom is -0.387 e. The second-order valence-electron chi connectivity index (χ2n) is 4.13. The summed E-state index contributed by atoms with van der Waals surface area (Å²) in [5.41, 5.74) is 0.492. The lowest BCUT2D eigenvalue weighted by atomic mass is 10.1. The van der Waals surface area contributed by atoms with Crippen LogP contribution in [-0.4, -0.2) is 20.8 Å². The molecule has 0 bridgehead atoms. The lowest BCUT2D eigenvalue weighted by Crippen LogP contribution is -2.12. The molecule has 1 heterocycles. The second kappa shape index (κ2) is 4.08. The van der Waals surface area contributed by atoms with Crippen molar-refractivity contribution in [2.24, 2.45) is 0 Å². The number of aromatic nitrogens is 2. The summed E-state index contributed by atoms with van der Waals surface area (Å²) in [6.45, 7) is 0. The summed E-state index contributed by atoms with van der Waals surface area (Å²) >= 11 is 0. The Hall–Kier alpha value is -1.04. The van der Waals surface area contributed by atoms with E-state index < -0.39 is 18.7 Å². The van der Waals surface area contributed by atoms with Gasteiger partial charge in [-0.15, -0.1) is 0 Å². The van der Waals surface area contributed by atoms with Crippen molar-refractivity contribution in [3.05, 3.63) is 18.2 Å². The molecule has 0 aliphatic heterocycles. The Morgan fingerprint density at radius 3 is 2.75 bits per heavy atom. The van der Waals surface area contributed by atoms with Gasteiger partial charge in [-0.2, -0.15) is 13.2 Å². The van der Waals surface area contributed by atoms with E-state index in [0.29, 0.717) is 11.7 Å². The van der Waals surface area contributed by atoms with Crippen molar-refractivity contribution in [1.29, 1.82) is 0 Å². The van der Waals surface area contributed by atoms with E-state index in [2.05, 4.69) is 4.98 Å². The molecule has 0 radical (unpaired) electrons. The van der Waals surface area contributed by atoms with Crippen molar-refractivity contribution in [2.75, 3.05) is 0 Å². The summed E-state index contributed by atoms with van der Waals surface area (Å²) in [7, 11) is 0. The highest BCUT2D eigenvalue weighted by molar-refractivity contribution is 5.06. The summed E-state index contributed by atoms with van der Waals surface area (Å²) in [5, 5.41) is 9.67. The molecule has 1 aromatic rings. The molecule has 1 unspecified atom stereocenters. The fraction of sp³-hybridized carbons (Fsp3) is 0.700. The molecule has 1 atom stereocenters. The molecule has 0 amide bonds. The third kappa shape index (κ3) is 2.75. The average Bonchev–Trinajstić information content (AvgIpc) is 2.92. The quantitative estimate of drug-likeness (QED) is 0.869. The van der Waals surface area contributed by atoms with Crippen LogP contribution in [0.3, 0.4) is 0 Å². The molecule has 1 N–H and O–H groups in total. The first kappa shape index (κ1) is 11.4. The molecule has 1 fully saturated rings. The predicted octanol–water partition coefficient (Wildman–Crippen LogP) is 2.59. The van der Waals surface area contributed by atoms with Gasteiger partial charge in [0, 0.05) is 12.5 Å². The summed E-state index contributed by atoms with van der Waals surface area (Å²) in [6, 6.07) is 0.318. The average molecular weight is 234 g/mol. The Morgan fingerprint density at radius 2 is 2.19 bits per heavy atom. The number of imidazole rings is 1. The van der Waals surface area contributed by atoms with Gasteiger partial charge in [0.1, 0.15) is 0 Å². The first-order chi connectivity index (χ1) is 7.47. The van der Waals surface area contributed by atoms with Crippen LogP contribution in [0.1, 0.15) is 43.5 Å². The van der Waals surface area contributed by atoms with Crippen molar-refractivity contribution in [2.45, 2.75) is 44.0 Å². The normalized spacial score (nSPS) is 18.8. The lowest BCUT2D eigenvalue weighted by Gasteiger charge is -2.14. The highest BCUT2D eigenvalue weighted by Crippen LogP contribution is 2.38. The van der Waals surface area contributed by atoms with Crippen LogP contribution in [0, 0.1) is 0 Å². The Balaban J connectivity index is 1.97. The van der Waals surface area contributed by atoms with E-state index in [0.717, 1.165) is 12.8 Å². The Bertz CT molecular complexity index is 357. The monoisotopic (exact) mass is 234 g/mol. The first-order valence-electron chi connectivity index (χ1n) is 5.24. The largest absolute Gasteiger partial charge is 0.389 e. The van der Waals surface area contributed by atoms with Crippen LogP contribution in [0.2, 0.25) is 0 Å². The Kier molecular flexibility index (Phi) is 2.92. The van der Waals surface area contributed by atoms with Gasteiger partial charge in [-0.1, -0.05) is 0 Å². The fourth-order valence-corrected chi connectivity index (χ4v) is 1.68. The third-order valence-electron chi connectivity index (χ3n) is 2.68. The number of aliphatic hydroxyl groups is 1. The van der Waals surface area contributed by atoms with Crippen molar-refractivity contribution < 1.29 is 18.3 Å².